The number of rotatable bonds is 9. The SMILES string of the molecule is CCCCCCCC(CN)N(C)C1CCCC(C)C1. The fourth-order valence-electron chi connectivity index (χ4n) is 3.54. The van der Waals surface area contributed by atoms with Gasteiger partial charge in [0.05, 0.1) is 0 Å². The first kappa shape index (κ1) is 17.0. The quantitative estimate of drug-likeness (QED) is 0.635. The van der Waals surface area contributed by atoms with E-state index in [1.165, 1.54) is 64.2 Å². The van der Waals surface area contributed by atoms with E-state index >= 15 is 0 Å². The van der Waals surface area contributed by atoms with Crippen molar-refractivity contribution in [3.05, 3.63) is 0 Å². The summed E-state index contributed by atoms with van der Waals surface area (Å²) in [5, 5.41) is 0. The highest BCUT2D eigenvalue weighted by Gasteiger charge is 2.26. The second-order valence-electron chi connectivity index (χ2n) is 6.68. The van der Waals surface area contributed by atoms with Crippen LogP contribution in [0.2, 0.25) is 0 Å². The average Bonchev–Trinajstić information content (AvgIpc) is 2.42. The standard InChI is InChI=1S/C17H36N2/c1-4-5-6-7-8-11-17(14-18)19(3)16-12-9-10-15(2)13-16/h15-17H,4-14,18H2,1-3H3. The Labute approximate surface area is 121 Å². The van der Waals surface area contributed by atoms with Crippen molar-refractivity contribution < 1.29 is 0 Å². The molecule has 1 saturated carbocycles. The molecule has 0 saturated heterocycles. The summed E-state index contributed by atoms with van der Waals surface area (Å²) in [6.07, 6.45) is 13.8. The normalized spacial score (nSPS) is 25.7. The zero-order chi connectivity index (χ0) is 14.1. The number of nitrogens with two attached hydrogens (primary N) is 1. The minimum absolute atomic E-state index is 0.608. The molecule has 0 aromatic heterocycles. The molecule has 1 aliphatic carbocycles. The lowest BCUT2D eigenvalue weighted by Gasteiger charge is -2.38. The molecular weight excluding hydrogens is 232 g/mol. The Morgan fingerprint density at radius 1 is 1.16 bits per heavy atom. The first-order valence-electron chi connectivity index (χ1n) is 8.61. The summed E-state index contributed by atoms with van der Waals surface area (Å²) in [6, 6.07) is 1.39. The van der Waals surface area contributed by atoms with Gasteiger partial charge in [-0.15, -0.1) is 0 Å². The van der Waals surface area contributed by atoms with Crippen molar-refractivity contribution in [3.8, 4) is 0 Å². The maximum Gasteiger partial charge on any atom is 0.0218 e. The van der Waals surface area contributed by atoms with Crippen LogP contribution in [0, 0.1) is 5.92 Å². The van der Waals surface area contributed by atoms with Crippen molar-refractivity contribution in [3.63, 3.8) is 0 Å². The highest BCUT2D eigenvalue weighted by molar-refractivity contribution is 4.82. The van der Waals surface area contributed by atoms with Crippen LogP contribution in [0.4, 0.5) is 0 Å². The van der Waals surface area contributed by atoms with Crippen molar-refractivity contribution in [2.24, 2.45) is 11.7 Å². The van der Waals surface area contributed by atoms with E-state index in [9.17, 15) is 0 Å². The van der Waals surface area contributed by atoms with Crippen LogP contribution in [0.3, 0.4) is 0 Å². The maximum absolute atomic E-state index is 6.01. The molecule has 0 amide bonds. The van der Waals surface area contributed by atoms with Crippen LogP contribution in [-0.4, -0.2) is 30.6 Å². The summed E-state index contributed by atoms with van der Waals surface area (Å²) in [6.45, 7) is 5.51. The van der Waals surface area contributed by atoms with E-state index in [2.05, 4.69) is 25.8 Å². The van der Waals surface area contributed by atoms with Crippen molar-refractivity contribution in [2.75, 3.05) is 13.6 Å². The monoisotopic (exact) mass is 268 g/mol. The van der Waals surface area contributed by atoms with Crippen LogP contribution in [0.15, 0.2) is 0 Å². The molecule has 2 heteroatoms. The van der Waals surface area contributed by atoms with Gasteiger partial charge in [0.1, 0.15) is 0 Å². The third kappa shape index (κ3) is 6.27. The Balaban J connectivity index is 2.27. The Hall–Kier alpha value is -0.0800. The Morgan fingerprint density at radius 2 is 1.89 bits per heavy atom. The molecule has 2 nitrogen and oxygen atoms in total. The van der Waals surface area contributed by atoms with Crippen LogP contribution in [0.5, 0.6) is 0 Å². The number of likely N-dealkylation sites (N-methyl/N-ethyl adjacent to an activating group) is 1. The van der Waals surface area contributed by atoms with E-state index in [4.69, 9.17) is 5.73 Å². The van der Waals surface area contributed by atoms with Gasteiger partial charge >= 0.3 is 0 Å². The largest absolute Gasteiger partial charge is 0.329 e. The van der Waals surface area contributed by atoms with Gasteiger partial charge in [-0.3, -0.25) is 4.90 Å². The van der Waals surface area contributed by atoms with Gasteiger partial charge in [-0.2, -0.15) is 0 Å². The summed E-state index contributed by atoms with van der Waals surface area (Å²) in [5.41, 5.74) is 6.01. The van der Waals surface area contributed by atoms with Crippen LogP contribution >= 0.6 is 0 Å². The van der Waals surface area contributed by atoms with Crippen molar-refractivity contribution in [2.45, 2.75) is 90.1 Å². The predicted octanol–water partition coefficient (Wildman–Crippen LogP) is 4.18. The van der Waals surface area contributed by atoms with E-state index in [-0.39, 0.29) is 0 Å². The summed E-state index contributed by atoms with van der Waals surface area (Å²) >= 11 is 0. The van der Waals surface area contributed by atoms with Gasteiger partial charge in [-0.05, 0) is 32.2 Å². The van der Waals surface area contributed by atoms with Gasteiger partial charge in [0.25, 0.3) is 0 Å². The highest BCUT2D eigenvalue weighted by atomic mass is 15.2. The average molecular weight is 268 g/mol. The Bertz CT molecular complexity index is 217. The first-order valence-corrected chi connectivity index (χ1v) is 8.61. The van der Waals surface area contributed by atoms with E-state index in [0.717, 1.165) is 18.5 Å². The van der Waals surface area contributed by atoms with Crippen LogP contribution in [0.1, 0.15) is 78.1 Å². The van der Waals surface area contributed by atoms with Crippen LogP contribution < -0.4 is 5.73 Å². The maximum atomic E-state index is 6.01. The molecule has 0 heterocycles. The van der Waals surface area contributed by atoms with Crippen molar-refractivity contribution in [1.29, 1.82) is 0 Å². The number of hydrogen-bond donors (Lipinski definition) is 1. The molecule has 1 rings (SSSR count). The molecular formula is C17H36N2. The fraction of sp³-hybridized carbons (Fsp3) is 1.00. The fourth-order valence-corrected chi connectivity index (χ4v) is 3.54. The van der Waals surface area contributed by atoms with E-state index in [1.807, 2.05) is 0 Å². The number of nitrogens with zero attached hydrogens (tertiary/aromatic N) is 1. The molecule has 1 fully saturated rings. The Morgan fingerprint density at radius 3 is 2.53 bits per heavy atom. The topological polar surface area (TPSA) is 29.3 Å². The smallest absolute Gasteiger partial charge is 0.0218 e. The third-order valence-electron chi connectivity index (χ3n) is 4.97. The van der Waals surface area contributed by atoms with Gasteiger partial charge in [-0.1, -0.05) is 58.8 Å². The summed E-state index contributed by atoms with van der Waals surface area (Å²) in [4.78, 5) is 2.61. The van der Waals surface area contributed by atoms with Gasteiger partial charge < -0.3 is 5.73 Å². The minimum atomic E-state index is 0.608. The summed E-state index contributed by atoms with van der Waals surface area (Å²) in [7, 11) is 2.31. The molecule has 0 radical (unpaired) electrons. The number of unbranched alkanes of at least 4 members (excludes halogenated alkanes) is 4. The number of hydrogen-bond acceptors (Lipinski definition) is 2. The zero-order valence-corrected chi connectivity index (χ0v) is 13.5. The second-order valence-corrected chi connectivity index (χ2v) is 6.68. The van der Waals surface area contributed by atoms with E-state index < -0.39 is 0 Å². The van der Waals surface area contributed by atoms with E-state index in [0.29, 0.717) is 6.04 Å². The minimum Gasteiger partial charge on any atom is -0.329 e. The summed E-state index contributed by atoms with van der Waals surface area (Å²) in [5.74, 6) is 0.907. The van der Waals surface area contributed by atoms with Crippen LogP contribution in [0.25, 0.3) is 0 Å². The van der Waals surface area contributed by atoms with E-state index in [1.54, 1.807) is 0 Å². The molecule has 0 bridgehead atoms. The Kier molecular flexibility index (Phi) is 8.72. The molecule has 0 aliphatic heterocycles. The summed E-state index contributed by atoms with van der Waals surface area (Å²) < 4.78 is 0. The highest BCUT2D eigenvalue weighted by Crippen LogP contribution is 2.28. The van der Waals surface area contributed by atoms with Gasteiger partial charge in [-0.25, -0.2) is 0 Å². The lowest BCUT2D eigenvalue weighted by Crippen LogP contribution is -2.46. The third-order valence-corrected chi connectivity index (χ3v) is 4.97. The molecule has 114 valence electrons. The lowest BCUT2D eigenvalue weighted by molar-refractivity contribution is 0.114. The molecule has 1 aliphatic rings. The molecule has 0 aromatic carbocycles. The molecule has 19 heavy (non-hydrogen) atoms. The molecule has 2 N–H and O–H groups in total. The zero-order valence-electron chi connectivity index (χ0n) is 13.5. The van der Waals surface area contributed by atoms with Crippen molar-refractivity contribution in [1.82, 2.24) is 4.90 Å². The molecule has 3 unspecified atom stereocenters. The first-order chi connectivity index (χ1) is 9.19. The van der Waals surface area contributed by atoms with Crippen LogP contribution in [-0.2, 0) is 0 Å². The second kappa shape index (κ2) is 9.77. The van der Waals surface area contributed by atoms with Gasteiger partial charge in [0, 0.05) is 18.6 Å². The molecule has 0 aromatic rings. The van der Waals surface area contributed by atoms with Gasteiger partial charge in [0.15, 0.2) is 0 Å². The van der Waals surface area contributed by atoms with Gasteiger partial charge in [0.2, 0.25) is 0 Å². The molecule has 3 atom stereocenters. The van der Waals surface area contributed by atoms with Crippen molar-refractivity contribution >= 4 is 0 Å². The molecule has 0 spiro atoms. The lowest BCUT2D eigenvalue weighted by atomic mass is 9.85. The predicted molar refractivity (Wildman–Crippen MR) is 85.4 cm³/mol.